The third-order valence-electron chi connectivity index (χ3n) is 5.76. The molecule has 2 aromatic rings. The van der Waals surface area contributed by atoms with E-state index in [-0.39, 0.29) is 54.5 Å². The molecule has 1 heterocycles. The summed E-state index contributed by atoms with van der Waals surface area (Å²) < 4.78 is 16.4. The number of aromatic nitrogens is 1. The number of oxazole rings is 1. The first kappa shape index (κ1) is 30.9. The van der Waals surface area contributed by atoms with Crippen molar-refractivity contribution in [3.05, 3.63) is 41.1 Å². The first-order chi connectivity index (χ1) is 18.4. The minimum atomic E-state index is -1.20. The Kier molecular flexibility index (Phi) is 11.6. The summed E-state index contributed by atoms with van der Waals surface area (Å²) in [5.41, 5.74) is 11.1. The van der Waals surface area contributed by atoms with Crippen LogP contribution in [0.15, 0.2) is 27.6 Å². The maximum absolute atomic E-state index is 13.0. The van der Waals surface area contributed by atoms with Crippen molar-refractivity contribution in [2.24, 2.45) is 22.4 Å². The normalized spacial score (nSPS) is 12.4. The van der Waals surface area contributed by atoms with Gasteiger partial charge in [-0.2, -0.15) is 0 Å². The first-order valence-corrected chi connectivity index (χ1v) is 12.5. The Morgan fingerprint density at radius 1 is 1.15 bits per heavy atom. The molecular formula is C26H38N6O7. The lowest BCUT2D eigenvalue weighted by molar-refractivity contribution is -0.139. The van der Waals surface area contributed by atoms with Gasteiger partial charge in [0, 0.05) is 12.1 Å². The molecule has 1 aromatic heterocycles. The van der Waals surface area contributed by atoms with Gasteiger partial charge in [0.15, 0.2) is 11.7 Å². The standard InChI is InChI=1S/C26H38N6O7/c1-14(2)11-19(30-21(33)13-16-12-17(37-4)8-9-20(16)38-5)24-32-22(15(3)39-24)23(34)31-18(25(35)36)7-6-10-29-26(27)28/h8-9,12,14,18-19H,6-7,10-11,13H2,1-5H3,(H,30,33)(H,31,34)(H,35,36)(H4,27,28,29). The molecule has 39 heavy (non-hydrogen) atoms. The number of amides is 2. The van der Waals surface area contributed by atoms with Gasteiger partial charge in [0.2, 0.25) is 11.8 Å². The number of ether oxygens (including phenoxy) is 2. The zero-order valence-corrected chi connectivity index (χ0v) is 22.9. The molecule has 0 aliphatic rings. The molecular weight excluding hydrogens is 508 g/mol. The number of carboxylic acids is 1. The maximum atomic E-state index is 13.0. The largest absolute Gasteiger partial charge is 0.497 e. The smallest absolute Gasteiger partial charge is 0.326 e. The third-order valence-corrected chi connectivity index (χ3v) is 5.76. The van der Waals surface area contributed by atoms with Crippen LogP contribution in [0.1, 0.15) is 66.9 Å². The number of hydrogen-bond acceptors (Lipinski definition) is 8. The molecule has 1 aromatic carbocycles. The molecule has 0 aliphatic carbocycles. The van der Waals surface area contributed by atoms with Crippen LogP contribution in [-0.2, 0) is 16.0 Å². The number of rotatable bonds is 15. The van der Waals surface area contributed by atoms with Gasteiger partial charge >= 0.3 is 5.97 Å². The van der Waals surface area contributed by atoms with E-state index in [0.29, 0.717) is 29.9 Å². The Balaban J connectivity index is 2.18. The Hall–Kier alpha value is -4.29. The number of carbonyl (C=O) groups is 3. The SMILES string of the molecule is COc1ccc(OC)c(CC(=O)NC(CC(C)C)c2nc(C(=O)NC(CCCN=C(N)N)C(=O)O)c(C)o2)c1. The lowest BCUT2D eigenvalue weighted by atomic mass is 10.0. The maximum Gasteiger partial charge on any atom is 0.326 e. The topological polar surface area (TPSA) is 204 Å². The summed E-state index contributed by atoms with van der Waals surface area (Å²) in [4.78, 5) is 45.7. The molecule has 0 saturated carbocycles. The van der Waals surface area contributed by atoms with Crippen molar-refractivity contribution in [3.8, 4) is 11.5 Å². The van der Waals surface area contributed by atoms with E-state index in [1.54, 1.807) is 25.1 Å². The van der Waals surface area contributed by atoms with Crippen LogP contribution in [0, 0.1) is 12.8 Å². The summed E-state index contributed by atoms with van der Waals surface area (Å²) in [5, 5.41) is 14.9. The van der Waals surface area contributed by atoms with E-state index in [4.69, 9.17) is 25.4 Å². The fourth-order valence-corrected chi connectivity index (χ4v) is 3.90. The first-order valence-electron chi connectivity index (χ1n) is 12.5. The van der Waals surface area contributed by atoms with Crippen molar-refractivity contribution < 1.29 is 33.4 Å². The second kappa shape index (κ2) is 14.6. The van der Waals surface area contributed by atoms with Crippen molar-refractivity contribution in [3.63, 3.8) is 0 Å². The molecule has 0 saturated heterocycles. The highest BCUT2D eigenvalue weighted by Gasteiger charge is 2.28. The number of hydrogen-bond donors (Lipinski definition) is 5. The van der Waals surface area contributed by atoms with E-state index in [0.717, 1.165) is 0 Å². The molecule has 0 fully saturated rings. The average molecular weight is 547 g/mol. The van der Waals surface area contributed by atoms with Gasteiger partial charge in [0.1, 0.15) is 29.3 Å². The number of aliphatic imine (C=N–C) groups is 1. The van der Waals surface area contributed by atoms with Gasteiger partial charge in [-0.1, -0.05) is 13.8 Å². The van der Waals surface area contributed by atoms with Crippen LogP contribution < -0.4 is 31.6 Å². The van der Waals surface area contributed by atoms with E-state index >= 15 is 0 Å². The van der Waals surface area contributed by atoms with Crippen LogP contribution in [0.5, 0.6) is 11.5 Å². The van der Waals surface area contributed by atoms with Gasteiger partial charge in [0.25, 0.3) is 5.91 Å². The molecule has 0 spiro atoms. The number of nitrogens with one attached hydrogen (secondary N) is 2. The monoisotopic (exact) mass is 546 g/mol. The van der Waals surface area contributed by atoms with Crippen LogP contribution >= 0.6 is 0 Å². The highest BCUT2D eigenvalue weighted by molar-refractivity contribution is 5.95. The molecule has 0 bridgehead atoms. The van der Waals surface area contributed by atoms with E-state index in [1.807, 2.05) is 13.8 Å². The lowest BCUT2D eigenvalue weighted by Crippen LogP contribution is -2.41. The predicted molar refractivity (Wildman–Crippen MR) is 144 cm³/mol. The number of benzene rings is 1. The van der Waals surface area contributed by atoms with Gasteiger partial charge < -0.3 is 41.1 Å². The van der Waals surface area contributed by atoms with Crippen molar-refractivity contribution in [1.82, 2.24) is 15.6 Å². The fraction of sp³-hybridized carbons (Fsp3) is 0.500. The molecule has 2 atom stereocenters. The number of guanidine groups is 1. The quantitative estimate of drug-likeness (QED) is 0.124. The average Bonchev–Trinajstić information content (AvgIpc) is 3.26. The molecule has 214 valence electrons. The number of aliphatic carboxylic acids is 1. The fourth-order valence-electron chi connectivity index (χ4n) is 3.90. The summed E-state index contributed by atoms with van der Waals surface area (Å²) in [6, 6.07) is 3.40. The highest BCUT2D eigenvalue weighted by Crippen LogP contribution is 2.26. The van der Waals surface area contributed by atoms with Crippen molar-refractivity contribution in [2.75, 3.05) is 20.8 Å². The Morgan fingerprint density at radius 3 is 2.46 bits per heavy atom. The predicted octanol–water partition coefficient (Wildman–Crippen LogP) is 1.68. The van der Waals surface area contributed by atoms with E-state index < -0.39 is 24.0 Å². The third kappa shape index (κ3) is 9.51. The Labute approximate surface area is 227 Å². The number of nitrogens with zero attached hydrogens (tertiary/aromatic N) is 2. The number of methoxy groups -OCH3 is 2. The number of nitrogens with two attached hydrogens (primary N) is 2. The van der Waals surface area contributed by atoms with Crippen molar-refractivity contribution >= 4 is 23.7 Å². The number of carboxylic acid groups (broad SMARTS) is 1. The van der Waals surface area contributed by atoms with Crippen molar-refractivity contribution in [2.45, 2.75) is 58.5 Å². The number of carbonyl (C=O) groups excluding carboxylic acids is 2. The zero-order chi connectivity index (χ0) is 29.1. The molecule has 2 rings (SSSR count). The van der Waals surface area contributed by atoms with Crippen LogP contribution in [0.4, 0.5) is 0 Å². The van der Waals surface area contributed by atoms with E-state index in [2.05, 4.69) is 20.6 Å². The zero-order valence-electron chi connectivity index (χ0n) is 22.9. The highest BCUT2D eigenvalue weighted by atomic mass is 16.5. The molecule has 0 aliphatic heterocycles. The van der Waals surface area contributed by atoms with E-state index in [9.17, 15) is 19.5 Å². The summed E-state index contributed by atoms with van der Waals surface area (Å²) in [5.74, 6) is -0.659. The van der Waals surface area contributed by atoms with E-state index in [1.165, 1.54) is 14.2 Å². The summed E-state index contributed by atoms with van der Waals surface area (Å²) in [6.07, 6.45) is 0.965. The molecule has 2 unspecified atom stereocenters. The van der Waals surface area contributed by atoms with Crippen LogP contribution in [0.3, 0.4) is 0 Å². The summed E-state index contributed by atoms with van der Waals surface area (Å²) >= 11 is 0. The van der Waals surface area contributed by atoms with Gasteiger partial charge in [-0.3, -0.25) is 14.6 Å². The van der Waals surface area contributed by atoms with Crippen LogP contribution in [0.25, 0.3) is 0 Å². The van der Waals surface area contributed by atoms with Gasteiger partial charge in [-0.25, -0.2) is 9.78 Å². The lowest BCUT2D eigenvalue weighted by Gasteiger charge is -2.18. The minimum Gasteiger partial charge on any atom is -0.497 e. The molecule has 2 amide bonds. The Morgan fingerprint density at radius 2 is 1.87 bits per heavy atom. The Bertz CT molecular complexity index is 1170. The second-order valence-electron chi connectivity index (χ2n) is 9.37. The molecule has 7 N–H and O–H groups in total. The van der Waals surface area contributed by atoms with Gasteiger partial charge in [-0.05, 0) is 50.3 Å². The van der Waals surface area contributed by atoms with Crippen LogP contribution in [-0.4, -0.2) is 60.6 Å². The van der Waals surface area contributed by atoms with Gasteiger partial charge in [-0.15, -0.1) is 0 Å². The summed E-state index contributed by atoms with van der Waals surface area (Å²) in [6.45, 7) is 5.74. The molecule has 0 radical (unpaired) electrons. The second-order valence-corrected chi connectivity index (χ2v) is 9.37. The van der Waals surface area contributed by atoms with Gasteiger partial charge in [0.05, 0.1) is 20.6 Å². The van der Waals surface area contributed by atoms with Crippen LogP contribution in [0.2, 0.25) is 0 Å². The number of aryl methyl sites for hydroxylation is 1. The van der Waals surface area contributed by atoms with Crippen molar-refractivity contribution in [1.29, 1.82) is 0 Å². The molecule has 13 nitrogen and oxygen atoms in total. The molecule has 13 heteroatoms. The summed E-state index contributed by atoms with van der Waals surface area (Å²) in [7, 11) is 3.06. The minimum absolute atomic E-state index is 0.0160.